The normalized spacial score (nSPS) is 24.0. The monoisotopic (exact) mass is 233 g/mol. The number of carbonyl (C=O) groups excluding carboxylic acids is 1. The summed E-state index contributed by atoms with van der Waals surface area (Å²) in [6.45, 7) is 2.97. The molecule has 4 nitrogen and oxygen atoms in total. The third kappa shape index (κ3) is 3.91. The van der Waals surface area contributed by atoms with E-state index in [0.29, 0.717) is 25.9 Å². The lowest BCUT2D eigenvalue weighted by Gasteiger charge is -2.30. The van der Waals surface area contributed by atoms with Crippen molar-refractivity contribution in [3.63, 3.8) is 0 Å². The summed E-state index contributed by atoms with van der Waals surface area (Å²) >= 11 is 0. The van der Waals surface area contributed by atoms with Crippen molar-refractivity contribution in [3.8, 4) is 0 Å². The molecule has 0 aromatic rings. The van der Waals surface area contributed by atoms with Crippen LogP contribution in [0.1, 0.15) is 32.6 Å². The van der Waals surface area contributed by atoms with Gasteiger partial charge in [0.25, 0.3) is 0 Å². The van der Waals surface area contributed by atoms with Gasteiger partial charge in [-0.3, -0.25) is 4.79 Å². The average Bonchev–Trinajstić information content (AvgIpc) is 2.17. The zero-order valence-electron chi connectivity index (χ0n) is 9.40. The quantitative estimate of drug-likeness (QED) is 0.728. The van der Waals surface area contributed by atoms with Gasteiger partial charge in [-0.15, -0.1) is 0 Å². The third-order valence-electron chi connectivity index (χ3n) is 2.86. The molecule has 0 bridgehead atoms. The summed E-state index contributed by atoms with van der Waals surface area (Å²) in [5.41, 5.74) is 0. The highest BCUT2D eigenvalue weighted by molar-refractivity contribution is 7.88. The lowest BCUT2D eigenvalue weighted by Crippen LogP contribution is -2.39. The van der Waals surface area contributed by atoms with E-state index < -0.39 is 10.0 Å². The van der Waals surface area contributed by atoms with Crippen molar-refractivity contribution in [3.05, 3.63) is 0 Å². The third-order valence-corrected chi connectivity index (χ3v) is 4.13. The van der Waals surface area contributed by atoms with Crippen LogP contribution in [0.3, 0.4) is 0 Å². The molecule has 5 heteroatoms. The van der Waals surface area contributed by atoms with Crippen molar-refractivity contribution >= 4 is 15.8 Å². The Labute approximate surface area is 91.7 Å². The first-order chi connectivity index (χ1) is 6.93. The highest BCUT2D eigenvalue weighted by Crippen LogP contribution is 2.21. The highest BCUT2D eigenvalue weighted by Gasteiger charge is 2.26. The first-order valence-electron chi connectivity index (χ1n) is 5.40. The van der Waals surface area contributed by atoms with E-state index in [1.807, 2.05) is 6.92 Å². The van der Waals surface area contributed by atoms with E-state index in [9.17, 15) is 13.2 Å². The number of hydrogen-bond donors (Lipinski definition) is 0. The molecule has 0 saturated carbocycles. The van der Waals surface area contributed by atoms with E-state index in [-0.39, 0.29) is 11.7 Å². The largest absolute Gasteiger partial charge is 0.300 e. The van der Waals surface area contributed by atoms with Crippen LogP contribution in [0.2, 0.25) is 0 Å². The number of carbonyl (C=O) groups is 1. The van der Waals surface area contributed by atoms with Gasteiger partial charge in [-0.2, -0.15) is 0 Å². The Hall–Kier alpha value is -0.420. The molecule has 1 aliphatic heterocycles. The predicted molar refractivity (Wildman–Crippen MR) is 59.1 cm³/mol. The van der Waals surface area contributed by atoms with Crippen LogP contribution in [-0.4, -0.2) is 37.9 Å². The molecule has 1 aliphatic rings. The minimum atomic E-state index is -3.08. The lowest BCUT2D eigenvalue weighted by atomic mass is 9.93. The van der Waals surface area contributed by atoms with Crippen LogP contribution >= 0.6 is 0 Å². The van der Waals surface area contributed by atoms with Gasteiger partial charge in [0.1, 0.15) is 5.78 Å². The predicted octanol–water partition coefficient (Wildman–Crippen LogP) is 1.03. The Morgan fingerprint density at radius 3 is 2.67 bits per heavy atom. The molecule has 0 N–H and O–H groups in total. The maximum atomic E-state index is 11.3. The fourth-order valence-electron chi connectivity index (χ4n) is 1.96. The number of hydrogen-bond acceptors (Lipinski definition) is 3. The number of Topliss-reactive ketones (excluding diaryl/α,β-unsaturated/α-hetero) is 1. The smallest absolute Gasteiger partial charge is 0.211 e. The summed E-state index contributed by atoms with van der Waals surface area (Å²) in [7, 11) is -3.08. The van der Waals surface area contributed by atoms with Crippen molar-refractivity contribution in [1.29, 1.82) is 0 Å². The topological polar surface area (TPSA) is 54.5 Å². The van der Waals surface area contributed by atoms with Gasteiger partial charge in [0.2, 0.25) is 10.0 Å². The van der Waals surface area contributed by atoms with Crippen LogP contribution in [-0.2, 0) is 14.8 Å². The van der Waals surface area contributed by atoms with E-state index >= 15 is 0 Å². The van der Waals surface area contributed by atoms with Gasteiger partial charge in [0.15, 0.2) is 0 Å². The zero-order chi connectivity index (χ0) is 11.5. The van der Waals surface area contributed by atoms with Gasteiger partial charge < -0.3 is 0 Å². The van der Waals surface area contributed by atoms with Crippen molar-refractivity contribution in [2.75, 3.05) is 19.3 Å². The summed E-state index contributed by atoms with van der Waals surface area (Å²) < 4.78 is 24.1. The van der Waals surface area contributed by atoms with Gasteiger partial charge in [-0.1, -0.05) is 6.92 Å². The molecule has 1 heterocycles. The van der Waals surface area contributed by atoms with E-state index in [0.717, 1.165) is 12.8 Å². The summed E-state index contributed by atoms with van der Waals surface area (Å²) in [5, 5.41) is 0. The SMILES string of the molecule is CCC(=O)CC1CCCN(S(C)(=O)=O)C1. The van der Waals surface area contributed by atoms with Crippen molar-refractivity contribution in [2.45, 2.75) is 32.6 Å². The van der Waals surface area contributed by atoms with Gasteiger partial charge in [-0.05, 0) is 18.8 Å². The Morgan fingerprint density at radius 1 is 1.47 bits per heavy atom. The number of nitrogens with zero attached hydrogens (tertiary/aromatic N) is 1. The average molecular weight is 233 g/mol. The molecule has 1 unspecified atom stereocenters. The van der Waals surface area contributed by atoms with Crippen molar-refractivity contribution in [1.82, 2.24) is 4.31 Å². The first kappa shape index (κ1) is 12.6. The standard InChI is InChI=1S/C10H19NO3S/c1-3-10(12)7-9-5-4-6-11(8-9)15(2,13)14/h9H,3-8H2,1-2H3. The van der Waals surface area contributed by atoms with Crippen LogP contribution in [0.4, 0.5) is 0 Å². The molecular formula is C10H19NO3S. The first-order valence-corrected chi connectivity index (χ1v) is 7.25. The molecule has 1 atom stereocenters. The van der Waals surface area contributed by atoms with Crippen LogP contribution in [0.5, 0.6) is 0 Å². The fourth-order valence-corrected chi connectivity index (χ4v) is 2.90. The van der Waals surface area contributed by atoms with Gasteiger partial charge >= 0.3 is 0 Å². The van der Waals surface area contributed by atoms with E-state index in [4.69, 9.17) is 0 Å². The van der Waals surface area contributed by atoms with Gasteiger partial charge in [-0.25, -0.2) is 12.7 Å². The molecule has 0 spiro atoms. The zero-order valence-corrected chi connectivity index (χ0v) is 10.2. The minimum absolute atomic E-state index is 0.223. The van der Waals surface area contributed by atoms with Crippen LogP contribution in [0.15, 0.2) is 0 Å². The van der Waals surface area contributed by atoms with E-state index in [1.54, 1.807) is 0 Å². The van der Waals surface area contributed by atoms with E-state index in [1.165, 1.54) is 10.6 Å². The molecule has 0 amide bonds. The molecule has 88 valence electrons. The number of ketones is 1. The lowest BCUT2D eigenvalue weighted by molar-refractivity contribution is -0.119. The maximum absolute atomic E-state index is 11.3. The van der Waals surface area contributed by atoms with E-state index in [2.05, 4.69) is 0 Å². The Balaban J connectivity index is 2.53. The maximum Gasteiger partial charge on any atom is 0.211 e. The molecule has 0 radical (unpaired) electrons. The van der Waals surface area contributed by atoms with Crippen LogP contribution in [0, 0.1) is 5.92 Å². The molecule has 0 aliphatic carbocycles. The molecule has 1 rings (SSSR count). The van der Waals surface area contributed by atoms with Gasteiger partial charge in [0, 0.05) is 25.9 Å². The second-order valence-electron chi connectivity index (χ2n) is 4.23. The van der Waals surface area contributed by atoms with Crippen LogP contribution < -0.4 is 0 Å². The fraction of sp³-hybridized carbons (Fsp3) is 0.900. The Bertz CT molecular complexity index is 324. The number of rotatable bonds is 4. The number of sulfonamides is 1. The second kappa shape index (κ2) is 5.07. The summed E-state index contributed by atoms with van der Waals surface area (Å²) in [6, 6.07) is 0. The highest BCUT2D eigenvalue weighted by atomic mass is 32.2. The molecule has 15 heavy (non-hydrogen) atoms. The van der Waals surface area contributed by atoms with Gasteiger partial charge in [0.05, 0.1) is 6.26 Å². The molecule has 1 fully saturated rings. The van der Waals surface area contributed by atoms with Crippen molar-refractivity contribution < 1.29 is 13.2 Å². The summed E-state index contributed by atoms with van der Waals surface area (Å²) in [5.74, 6) is 0.455. The molecular weight excluding hydrogens is 214 g/mol. The molecule has 0 aromatic carbocycles. The molecule has 0 aromatic heterocycles. The van der Waals surface area contributed by atoms with Crippen LogP contribution in [0.25, 0.3) is 0 Å². The molecule has 1 saturated heterocycles. The summed E-state index contributed by atoms with van der Waals surface area (Å²) in [6.07, 6.45) is 4.15. The Morgan fingerprint density at radius 2 is 2.13 bits per heavy atom. The Kier molecular flexibility index (Phi) is 4.28. The summed E-state index contributed by atoms with van der Waals surface area (Å²) in [4.78, 5) is 11.3. The second-order valence-corrected chi connectivity index (χ2v) is 6.21. The van der Waals surface area contributed by atoms with Crippen molar-refractivity contribution in [2.24, 2.45) is 5.92 Å². The number of piperidine rings is 1. The minimum Gasteiger partial charge on any atom is -0.300 e.